The first-order chi connectivity index (χ1) is 8.58. The fraction of sp³-hybridized carbons (Fsp3) is 0.0714. The molecule has 0 aliphatic carbocycles. The summed E-state index contributed by atoms with van der Waals surface area (Å²) in [6, 6.07) is 12.8. The van der Waals surface area contributed by atoms with Crippen molar-refractivity contribution in [2.75, 3.05) is 5.32 Å². The molecule has 2 aromatic carbocycles. The largest absolute Gasteiger partial charge is 0.322 e. The molecule has 0 unspecified atom stereocenters. The third kappa shape index (κ3) is 2.92. The Kier molecular flexibility index (Phi) is 4.04. The fourth-order valence-electron chi connectivity index (χ4n) is 1.55. The maximum absolute atomic E-state index is 12.0. The van der Waals surface area contributed by atoms with Crippen molar-refractivity contribution in [3.63, 3.8) is 0 Å². The van der Waals surface area contributed by atoms with Crippen LogP contribution in [-0.4, -0.2) is 5.91 Å². The topological polar surface area (TPSA) is 29.1 Å². The number of carbonyl (C=O) groups is 1. The molecule has 0 spiro atoms. The van der Waals surface area contributed by atoms with E-state index in [2.05, 4.69) is 21.2 Å². The van der Waals surface area contributed by atoms with Crippen molar-refractivity contribution in [3.05, 3.63) is 63.1 Å². The lowest BCUT2D eigenvalue weighted by Gasteiger charge is -2.08. The number of nitrogens with one attached hydrogen (secondary N) is 1. The normalized spacial score (nSPS) is 10.2. The van der Waals surface area contributed by atoms with Crippen molar-refractivity contribution >= 4 is 39.1 Å². The van der Waals surface area contributed by atoms with Gasteiger partial charge in [-0.1, -0.05) is 29.8 Å². The molecule has 1 N–H and O–H groups in total. The second kappa shape index (κ2) is 5.55. The lowest BCUT2D eigenvalue weighted by atomic mass is 10.1. The Morgan fingerprint density at radius 1 is 1.22 bits per heavy atom. The summed E-state index contributed by atoms with van der Waals surface area (Å²) < 4.78 is 0.775. The van der Waals surface area contributed by atoms with E-state index in [1.54, 1.807) is 18.2 Å². The van der Waals surface area contributed by atoms with Crippen LogP contribution in [0.1, 0.15) is 15.9 Å². The van der Waals surface area contributed by atoms with Crippen molar-refractivity contribution in [1.29, 1.82) is 0 Å². The van der Waals surface area contributed by atoms with Gasteiger partial charge in [0.2, 0.25) is 0 Å². The van der Waals surface area contributed by atoms with E-state index in [4.69, 9.17) is 11.6 Å². The van der Waals surface area contributed by atoms with Gasteiger partial charge in [-0.15, -0.1) is 0 Å². The van der Waals surface area contributed by atoms with E-state index in [1.165, 1.54) is 0 Å². The molecule has 0 aliphatic heterocycles. The van der Waals surface area contributed by atoms with Crippen LogP contribution in [0.25, 0.3) is 0 Å². The number of aryl methyl sites for hydroxylation is 1. The average Bonchev–Trinajstić information content (AvgIpc) is 2.35. The van der Waals surface area contributed by atoms with Crippen LogP contribution in [0.3, 0.4) is 0 Å². The van der Waals surface area contributed by atoms with E-state index < -0.39 is 0 Å². The Balaban J connectivity index is 2.22. The first-order valence-corrected chi connectivity index (χ1v) is 6.57. The Labute approximate surface area is 119 Å². The maximum atomic E-state index is 12.0. The Bertz CT molecular complexity index is 598. The van der Waals surface area contributed by atoms with Gasteiger partial charge >= 0.3 is 0 Å². The quantitative estimate of drug-likeness (QED) is 0.855. The molecular formula is C14H11BrClNO. The summed E-state index contributed by atoms with van der Waals surface area (Å²) in [7, 11) is 0. The van der Waals surface area contributed by atoms with Crippen LogP contribution in [0.15, 0.2) is 46.9 Å². The summed E-state index contributed by atoms with van der Waals surface area (Å²) in [6.45, 7) is 1.95. The summed E-state index contributed by atoms with van der Waals surface area (Å²) in [5, 5.41) is 3.38. The third-order valence-corrected chi connectivity index (χ3v) is 3.81. The van der Waals surface area contributed by atoms with Gasteiger partial charge in [0, 0.05) is 15.7 Å². The SMILES string of the molecule is Cc1ccccc1NC(=O)c1ccc(Br)c(Cl)c1. The first-order valence-electron chi connectivity index (χ1n) is 5.40. The van der Waals surface area contributed by atoms with E-state index in [9.17, 15) is 4.79 Å². The molecule has 92 valence electrons. The van der Waals surface area contributed by atoms with Crippen LogP contribution in [0.5, 0.6) is 0 Å². The van der Waals surface area contributed by atoms with Crippen molar-refractivity contribution in [2.24, 2.45) is 0 Å². The average molecular weight is 325 g/mol. The molecule has 18 heavy (non-hydrogen) atoms. The van der Waals surface area contributed by atoms with Crippen LogP contribution in [0.2, 0.25) is 5.02 Å². The lowest BCUT2D eigenvalue weighted by molar-refractivity contribution is 0.102. The van der Waals surface area contributed by atoms with Gasteiger partial charge in [-0.3, -0.25) is 4.79 Å². The highest BCUT2D eigenvalue weighted by Gasteiger charge is 2.09. The first kappa shape index (κ1) is 13.1. The number of rotatable bonds is 2. The molecule has 0 heterocycles. The molecule has 2 aromatic rings. The molecule has 4 heteroatoms. The summed E-state index contributed by atoms with van der Waals surface area (Å²) in [4.78, 5) is 12.0. The van der Waals surface area contributed by atoms with Gasteiger partial charge in [-0.2, -0.15) is 0 Å². The lowest BCUT2D eigenvalue weighted by Crippen LogP contribution is -2.12. The number of hydrogen-bond acceptors (Lipinski definition) is 1. The highest BCUT2D eigenvalue weighted by atomic mass is 79.9. The number of anilines is 1. The highest BCUT2D eigenvalue weighted by molar-refractivity contribution is 9.10. The number of halogens is 2. The van der Waals surface area contributed by atoms with E-state index >= 15 is 0 Å². The molecule has 0 saturated carbocycles. The molecule has 2 rings (SSSR count). The number of para-hydroxylation sites is 1. The van der Waals surface area contributed by atoms with E-state index in [1.807, 2.05) is 31.2 Å². The van der Waals surface area contributed by atoms with E-state index in [-0.39, 0.29) is 5.91 Å². The van der Waals surface area contributed by atoms with Crippen LogP contribution in [0.4, 0.5) is 5.69 Å². The van der Waals surface area contributed by atoms with Crippen LogP contribution >= 0.6 is 27.5 Å². The maximum Gasteiger partial charge on any atom is 0.255 e. The van der Waals surface area contributed by atoms with Gasteiger partial charge in [0.15, 0.2) is 0 Å². The number of amides is 1. The Morgan fingerprint density at radius 3 is 2.61 bits per heavy atom. The molecule has 0 bridgehead atoms. The van der Waals surface area contributed by atoms with E-state index in [0.29, 0.717) is 10.6 Å². The van der Waals surface area contributed by atoms with Crippen LogP contribution in [-0.2, 0) is 0 Å². The van der Waals surface area contributed by atoms with Gasteiger partial charge in [0.05, 0.1) is 5.02 Å². The highest BCUT2D eigenvalue weighted by Crippen LogP contribution is 2.24. The number of carbonyl (C=O) groups excluding carboxylic acids is 1. The molecule has 0 radical (unpaired) electrons. The van der Waals surface area contributed by atoms with Gasteiger partial charge < -0.3 is 5.32 Å². The molecular weight excluding hydrogens is 314 g/mol. The second-order valence-corrected chi connectivity index (χ2v) is 5.16. The smallest absolute Gasteiger partial charge is 0.255 e. The minimum absolute atomic E-state index is 0.168. The monoisotopic (exact) mass is 323 g/mol. The summed E-state index contributed by atoms with van der Waals surface area (Å²) in [5.41, 5.74) is 2.36. The standard InChI is InChI=1S/C14H11BrClNO/c1-9-4-2-3-5-13(9)17-14(18)10-6-7-11(15)12(16)8-10/h2-8H,1H3,(H,17,18). The Hall–Kier alpha value is -1.32. The molecule has 1 amide bonds. The number of hydrogen-bond donors (Lipinski definition) is 1. The minimum Gasteiger partial charge on any atom is -0.322 e. The van der Waals surface area contributed by atoms with Crippen LogP contribution in [0, 0.1) is 6.92 Å². The zero-order valence-corrected chi connectivity index (χ0v) is 12.0. The second-order valence-electron chi connectivity index (χ2n) is 3.90. The van der Waals surface area contributed by atoms with Crippen molar-refractivity contribution in [1.82, 2.24) is 0 Å². The predicted molar refractivity (Wildman–Crippen MR) is 78.3 cm³/mol. The van der Waals surface area contributed by atoms with Gasteiger partial charge in [-0.25, -0.2) is 0 Å². The molecule has 0 fully saturated rings. The van der Waals surface area contributed by atoms with Crippen molar-refractivity contribution < 1.29 is 4.79 Å². The molecule has 2 nitrogen and oxygen atoms in total. The summed E-state index contributed by atoms with van der Waals surface area (Å²) in [5.74, 6) is -0.168. The molecule has 0 aromatic heterocycles. The zero-order chi connectivity index (χ0) is 13.1. The summed E-state index contributed by atoms with van der Waals surface area (Å²) >= 11 is 9.26. The van der Waals surface area contributed by atoms with Gasteiger partial charge in [-0.05, 0) is 52.7 Å². The predicted octanol–water partition coefficient (Wildman–Crippen LogP) is 4.66. The number of benzene rings is 2. The fourth-order valence-corrected chi connectivity index (χ4v) is 1.97. The van der Waals surface area contributed by atoms with E-state index in [0.717, 1.165) is 15.7 Å². The van der Waals surface area contributed by atoms with Crippen LogP contribution < -0.4 is 5.32 Å². The summed E-state index contributed by atoms with van der Waals surface area (Å²) in [6.07, 6.45) is 0. The minimum atomic E-state index is -0.168. The molecule has 0 atom stereocenters. The van der Waals surface area contributed by atoms with Gasteiger partial charge in [0.1, 0.15) is 0 Å². The van der Waals surface area contributed by atoms with Crippen molar-refractivity contribution in [3.8, 4) is 0 Å². The zero-order valence-electron chi connectivity index (χ0n) is 9.71. The van der Waals surface area contributed by atoms with Gasteiger partial charge in [0.25, 0.3) is 5.91 Å². The molecule has 0 saturated heterocycles. The third-order valence-electron chi connectivity index (χ3n) is 2.58. The van der Waals surface area contributed by atoms with Crippen molar-refractivity contribution in [2.45, 2.75) is 6.92 Å². The Morgan fingerprint density at radius 2 is 1.94 bits per heavy atom. The molecule has 0 aliphatic rings.